The van der Waals surface area contributed by atoms with E-state index in [0.29, 0.717) is 0 Å². The lowest BCUT2D eigenvalue weighted by Crippen LogP contribution is -2.60. The second kappa shape index (κ2) is 10.5. The topological polar surface area (TPSA) is 123 Å². The predicted molar refractivity (Wildman–Crippen MR) is 127 cm³/mol. The molecule has 0 aliphatic carbocycles. The summed E-state index contributed by atoms with van der Waals surface area (Å²) < 4.78 is 20.0. The predicted octanol–water partition coefficient (Wildman–Crippen LogP) is 2.73. The minimum Gasteiger partial charge on any atom is -0.414 e. The van der Waals surface area contributed by atoms with Crippen LogP contribution in [0.2, 0.25) is 22.2 Å². The summed E-state index contributed by atoms with van der Waals surface area (Å²) in [4.78, 5) is 38.2. The zero-order chi connectivity index (χ0) is 24.4. The number of aliphatic hydroxyl groups is 1. The molecule has 184 valence electrons. The Morgan fingerprint density at radius 2 is 1.66 bits per heavy atom. The van der Waals surface area contributed by atoms with Crippen molar-refractivity contribution in [2.45, 2.75) is 102 Å². The Labute approximate surface area is 192 Å². The quantitative estimate of drug-likeness (QED) is 0.433. The number of aromatic amines is 1. The van der Waals surface area contributed by atoms with E-state index in [2.05, 4.69) is 32.7 Å². The number of nitrogens with one attached hydrogen (secondary N) is 1. The molecule has 0 spiro atoms. The van der Waals surface area contributed by atoms with Gasteiger partial charge in [0.25, 0.3) is 5.56 Å². The standard InChI is InChI=1S/C21H40N2O7Si2/c1-13(2)31(27,14(3)4)30-32(15(5)6,16(7)8)28-12-17-11-18(24)20(29-17)23-19(25)9-10-22-21(23)26/h9-10,13-18,20,24,27H,11-12H2,1-8H3,(H,22,26)/t17-,18-,20+/m0/s1. The van der Waals surface area contributed by atoms with E-state index >= 15 is 0 Å². The van der Waals surface area contributed by atoms with E-state index in [9.17, 15) is 19.5 Å². The van der Waals surface area contributed by atoms with Gasteiger partial charge in [-0.05, 0) is 22.2 Å². The molecule has 1 aromatic rings. The van der Waals surface area contributed by atoms with Gasteiger partial charge in [0.1, 0.15) is 6.10 Å². The maximum absolute atomic E-state index is 12.1. The van der Waals surface area contributed by atoms with Crippen LogP contribution in [0.5, 0.6) is 0 Å². The number of H-pyrrole nitrogens is 1. The first-order chi connectivity index (χ1) is 14.8. The average Bonchev–Trinajstić information content (AvgIpc) is 3.04. The van der Waals surface area contributed by atoms with E-state index in [-0.39, 0.29) is 35.2 Å². The molecule has 0 radical (unpaired) electrons. The highest BCUT2D eigenvalue weighted by Gasteiger charge is 2.55. The monoisotopic (exact) mass is 488 g/mol. The minimum absolute atomic E-state index is 0.00101. The molecule has 2 rings (SSSR count). The van der Waals surface area contributed by atoms with E-state index in [1.807, 2.05) is 27.7 Å². The highest BCUT2D eigenvalue weighted by atomic mass is 28.5. The fourth-order valence-corrected chi connectivity index (χ4v) is 14.2. The van der Waals surface area contributed by atoms with Crippen LogP contribution in [0.15, 0.2) is 21.9 Å². The molecule has 2 heterocycles. The maximum Gasteiger partial charge on any atom is 0.334 e. The van der Waals surface area contributed by atoms with Gasteiger partial charge in [-0.3, -0.25) is 4.79 Å². The molecule has 1 saturated heterocycles. The molecule has 1 aliphatic heterocycles. The van der Waals surface area contributed by atoms with Gasteiger partial charge in [-0.2, -0.15) is 0 Å². The zero-order valence-electron chi connectivity index (χ0n) is 20.5. The molecule has 3 N–H and O–H groups in total. The fourth-order valence-electron chi connectivity index (χ4n) is 4.39. The van der Waals surface area contributed by atoms with Crippen LogP contribution >= 0.6 is 0 Å². The third kappa shape index (κ3) is 5.35. The number of hydrogen-bond donors (Lipinski definition) is 3. The summed E-state index contributed by atoms with van der Waals surface area (Å²) in [6.07, 6.45) is -1.11. The molecule has 0 aromatic carbocycles. The molecule has 3 atom stereocenters. The number of aliphatic hydroxyl groups excluding tert-OH is 1. The highest BCUT2D eigenvalue weighted by Crippen LogP contribution is 2.42. The van der Waals surface area contributed by atoms with E-state index in [1.54, 1.807) is 0 Å². The van der Waals surface area contributed by atoms with Crippen LogP contribution in [-0.2, 0) is 13.3 Å². The van der Waals surface area contributed by atoms with Gasteiger partial charge in [-0.25, -0.2) is 9.36 Å². The van der Waals surface area contributed by atoms with Gasteiger partial charge in [0.2, 0.25) is 0 Å². The normalized spacial score (nSPS) is 22.6. The zero-order valence-corrected chi connectivity index (χ0v) is 22.5. The summed E-state index contributed by atoms with van der Waals surface area (Å²) in [6, 6.07) is 1.22. The summed E-state index contributed by atoms with van der Waals surface area (Å²) in [5.74, 6) is 0. The number of ether oxygens (including phenoxy) is 1. The van der Waals surface area contributed by atoms with Crippen molar-refractivity contribution in [1.82, 2.24) is 9.55 Å². The third-order valence-electron chi connectivity index (χ3n) is 6.39. The molecule has 1 fully saturated rings. The molecule has 32 heavy (non-hydrogen) atoms. The van der Waals surface area contributed by atoms with Gasteiger partial charge < -0.3 is 28.2 Å². The molecule has 9 nitrogen and oxygen atoms in total. The lowest BCUT2D eigenvalue weighted by atomic mass is 10.2. The average molecular weight is 489 g/mol. The summed E-state index contributed by atoms with van der Waals surface area (Å²) in [7, 11) is -5.99. The molecule has 0 unspecified atom stereocenters. The summed E-state index contributed by atoms with van der Waals surface area (Å²) in [5, 5.41) is 10.5. The van der Waals surface area contributed by atoms with Crippen LogP contribution in [-0.4, -0.2) is 55.4 Å². The molecular weight excluding hydrogens is 448 g/mol. The van der Waals surface area contributed by atoms with Crippen molar-refractivity contribution in [3.8, 4) is 0 Å². The lowest BCUT2D eigenvalue weighted by Gasteiger charge is -2.46. The van der Waals surface area contributed by atoms with Crippen LogP contribution in [0.3, 0.4) is 0 Å². The van der Waals surface area contributed by atoms with E-state index < -0.39 is 46.8 Å². The highest BCUT2D eigenvalue weighted by molar-refractivity contribution is 6.83. The van der Waals surface area contributed by atoms with E-state index in [0.717, 1.165) is 4.57 Å². The number of hydrogen-bond acceptors (Lipinski definition) is 7. The summed E-state index contributed by atoms with van der Waals surface area (Å²) in [5.41, 5.74) is -1.03. The number of rotatable bonds is 10. The van der Waals surface area contributed by atoms with Crippen LogP contribution in [0.1, 0.15) is 68.0 Å². The smallest absolute Gasteiger partial charge is 0.334 e. The Hall–Kier alpha value is -1.09. The van der Waals surface area contributed by atoms with E-state index in [1.165, 1.54) is 12.3 Å². The Kier molecular flexibility index (Phi) is 8.87. The van der Waals surface area contributed by atoms with Crippen molar-refractivity contribution in [2.24, 2.45) is 0 Å². The number of aromatic nitrogens is 2. The second-order valence-electron chi connectivity index (χ2n) is 9.95. The van der Waals surface area contributed by atoms with E-state index in [4.69, 9.17) is 13.3 Å². The summed E-state index contributed by atoms with van der Waals surface area (Å²) >= 11 is 0. The van der Waals surface area contributed by atoms with Crippen LogP contribution in [0.25, 0.3) is 0 Å². The van der Waals surface area contributed by atoms with Crippen molar-refractivity contribution in [3.63, 3.8) is 0 Å². The SMILES string of the molecule is CC(C)[Si](O)(O[Si](OC[C@@H]1C[C@H](O)[C@H](n2c(=O)cc[nH]c2=O)O1)(C(C)C)C(C)C)C(C)C. The second-order valence-corrected chi connectivity index (χ2v) is 18.6. The van der Waals surface area contributed by atoms with Crippen molar-refractivity contribution in [1.29, 1.82) is 0 Å². The van der Waals surface area contributed by atoms with Gasteiger partial charge in [0, 0.05) is 18.7 Å². The molecule has 1 aliphatic rings. The van der Waals surface area contributed by atoms with Crippen molar-refractivity contribution >= 4 is 17.1 Å². The van der Waals surface area contributed by atoms with Crippen molar-refractivity contribution in [3.05, 3.63) is 33.1 Å². The molecule has 0 bridgehead atoms. The van der Waals surface area contributed by atoms with Crippen LogP contribution < -0.4 is 11.2 Å². The number of nitrogens with zero attached hydrogens (tertiary/aromatic N) is 1. The molecular formula is C21H40N2O7Si2. The minimum atomic E-state index is -3.08. The van der Waals surface area contributed by atoms with Gasteiger partial charge in [-0.15, -0.1) is 0 Å². The van der Waals surface area contributed by atoms with Crippen LogP contribution in [0, 0.1) is 0 Å². The first kappa shape index (κ1) is 27.2. The van der Waals surface area contributed by atoms with Crippen molar-refractivity contribution in [2.75, 3.05) is 6.61 Å². The molecule has 1 aromatic heterocycles. The molecule has 0 amide bonds. The lowest BCUT2D eigenvalue weighted by molar-refractivity contribution is -0.0552. The van der Waals surface area contributed by atoms with Gasteiger partial charge >= 0.3 is 22.8 Å². The van der Waals surface area contributed by atoms with Crippen LogP contribution in [0.4, 0.5) is 0 Å². The first-order valence-corrected chi connectivity index (χ1v) is 15.4. The Balaban J connectivity index is 2.25. The molecule has 0 saturated carbocycles. The Morgan fingerprint density at radius 1 is 1.09 bits per heavy atom. The first-order valence-electron chi connectivity index (χ1n) is 11.5. The summed E-state index contributed by atoms with van der Waals surface area (Å²) in [6.45, 7) is 16.3. The fraction of sp³-hybridized carbons (Fsp3) is 0.810. The Bertz CT molecular complexity index is 824. The maximum atomic E-state index is 12.1. The molecule has 11 heteroatoms. The van der Waals surface area contributed by atoms with Gasteiger partial charge in [0.15, 0.2) is 6.23 Å². The Morgan fingerprint density at radius 3 is 2.12 bits per heavy atom. The van der Waals surface area contributed by atoms with Gasteiger partial charge in [-0.1, -0.05) is 55.4 Å². The van der Waals surface area contributed by atoms with Gasteiger partial charge in [0.05, 0.1) is 12.7 Å². The third-order valence-corrected chi connectivity index (χ3v) is 16.1. The largest absolute Gasteiger partial charge is 0.414 e. The van der Waals surface area contributed by atoms with Crippen molar-refractivity contribution < 1.29 is 23.2 Å².